The number of rotatable bonds is 0. The Morgan fingerprint density at radius 1 is 1.20 bits per heavy atom. The van der Waals surface area contributed by atoms with Crippen molar-refractivity contribution in [3.63, 3.8) is 0 Å². The maximum Gasteiger partial charge on any atom is 0.0488 e. The fourth-order valence-corrected chi connectivity index (χ4v) is 0.144. The largest absolute Gasteiger partial charge is 0.381 e. The van der Waals surface area contributed by atoms with Gasteiger partial charge in [0.2, 0.25) is 0 Å². The second kappa shape index (κ2) is 2.49. The van der Waals surface area contributed by atoms with Crippen LogP contribution in [-0.2, 0) is 4.74 Å². The molecular weight excluding hydrogens is 87.5 g/mol. The number of halogens is 1. The summed E-state index contributed by atoms with van der Waals surface area (Å²) in [6.45, 7) is 2.00. The summed E-state index contributed by atoms with van der Waals surface area (Å²) in [5, 5.41) is 0. The van der Waals surface area contributed by atoms with Crippen molar-refractivity contribution < 1.29 is 4.74 Å². The molecule has 0 bridgehead atoms. The van der Waals surface area contributed by atoms with Crippen LogP contribution in [0.4, 0.5) is 0 Å². The first kappa shape index (κ1) is 5.25. The minimum Gasteiger partial charge on any atom is -0.381 e. The van der Waals surface area contributed by atoms with E-state index in [1.807, 2.05) is 0 Å². The fraction of sp³-hybridized carbons (Fsp3) is 1.00. The summed E-state index contributed by atoms with van der Waals surface area (Å²) in [7, 11) is 0. The zero-order valence-electron chi connectivity index (χ0n) is 2.94. The highest BCUT2D eigenvalue weighted by atomic mass is 35.5. The topological polar surface area (TPSA) is 9.23 Å². The van der Waals surface area contributed by atoms with Crippen molar-refractivity contribution in [3.8, 4) is 0 Å². The molecule has 2 heteroatoms. The molecule has 1 nitrogen and oxygen atoms in total. The van der Waals surface area contributed by atoms with Crippen LogP contribution in [0, 0.1) is 0 Å². The van der Waals surface area contributed by atoms with E-state index in [4.69, 9.17) is 4.74 Å². The molecule has 0 saturated carbocycles. The molecule has 1 rings (SSSR count). The van der Waals surface area contributed by atoms with Gasteiger partial charge in [0, 0.05) is 13.2 Å². The van der Waals surface area contributed by atoms with Gasteiger partial charge in [-0.3, -0.25) is 0 Å². The van der Waals surface area contributed by atoms with Crippen LogP contribution in [0.15, 0.2) is 0 Å². The summed E-state index contributed by atoms with van der Waals surface area (Å²) in [6.07, 6.45) is 1.28. The second-order valence-corrected chi connectivity index (χ2v) is 0.966. The van der Waals surface area contributed by atoms with Gasteiger partial charge in [0.25, 0.3) is 0 Å². The Balaban J connectivity index is 0.000000160. The first-order chi connectivity index (χ1) is 2.00. The maximum absolute atomic E-state index is 4.72. The standard InChI is InChI=1S/C3H6O.ClH/c1-2-4-3-1;/h1-3H2;1H. The molecule has 0 unspecified atom stereocenters. The van der Waals surface area contributed by atoms with Gasteiger partial charge in [0.15, 0.2) is 0 Å². The van der Waals surface area contributed by atoms with Crippen LogP contribution in [-0.4, -0.2) is 13.2 Å². The average Bonchev–Trinajstić information content (AvgIpc) is 0.722. The van der Waals surface area contributed by atoms with Crippen LogP contribution >= 0.6 is 12.4 Å². The molecule has 1 aliphatic heterocycles. The third kappa shape index (κ3) is 1.19. The van der Waals surface area contributed by atoms with Crippen molar-refractivity contribution in [2.45, 2.75) is 6.42 Å². The summed E-state index contributed by atoms with van der Waals surface area (Å²) in [6, 6.07) is 0. The lowest BCUT2D eigenvalue weighted by atomic mass is 10.4. The molecule has 0 amide bonds. The quantitative estimate of drug-likeness (QED) is 0.432. The van der Waals surface area contributed by atoms with E-state index in [0.717, 1.165) is 13.2 Å². The lowest BCUT2D eigenvalue weighted by Crippen LogP contribution is -2.09. The van der Waals surface area contributed by atoms with E-state index in [2.05, 4.69) is 0 Å². The smallest absolute Gasteiger partial charge is 0.0488 e. The van der Waals surface area contributed by atoms with Gasteiger partial charge in [-0.2, -0.15) is 0 Å². The number of ether oxygens (including phenoxy) is 1. The molecule has 1 aliphatic rings. The van der Waals surface area contributed by atoms with Crippen molar-refractivity contribution in [2.24, 2.45) is 0 Å². The highest BCUT2D eigenvalue weighted by Crippen LogP contribution is 1.92. The molecule has 0 spiro atoms. The SMILES string of the molecule is C1COC1.Cl. The third-order valence-corrected chi connectivity index (χ3v) is 0.577. The van der Waals surface area contributed by atoms with Gasteiger partial charge in [-0.1, -0.05) is 0 Å². The molecule has 0 atom stereocenters. The van der Waals surface area contributed by atoms with Crippen molar-refractivity contribution in [2.75, 3.05) is 13.2 Å². The van der Waals surface area contributed by atoms with Gasteiger partial charge in [-0.25, -0.2) is 0 Å². The Bertz CT molecular complexity index is 14.9. The van der Waals surface area contributed by atoms with E-state index >= 15 is 0 Å². The molecule has 0 aromatic rings. The van der Waals surface area contributed by atoms with Crippen LogP contribution in [0.5, 0.6) is 0 Å². The zero-order valence-corrected chi connectivity index (χ0v) is 3.75. The molecule has 32 valence electrons. The average molecular weight is 94.5 g/mol. The molecular formula is C3H7ClO. The van der Waals surface area contributed by atoms with Gasteiger partial charge in [-0.05, 0) is 6.42 Å². The van der Waals surface area contributed by atoms with Crippen molar-refractivity contribution in [1.29, 1.82) is 0 Å². The van der Waals surface area contributed by atoms with Gasteiger partial charge < -0.3 is 4.74 Å². The minimum absolute atomic E-state index is 0. The maximum atomic E-state index is 4.72. The summed E-state index contributed by atoms with van der Waals surface area (Å²) in [5.41, 5.74) is 0. The zero-order chi connectivity index (χ0) is 2.83. The number of hydrogen-bond donors (Lipinski definition) is 0. The van der Waals surface area contributed by atoms with E-state index < -0.39 is 0 Å². The summed E-state index contributed by atoms with van der Waals surface area (Å²) >= 11 is 0. The first-order valence-electron chi connectivity index (χ1n) is 1.58. The Morgan fingerprint density at radius 2 is 1.40 bits per heavy atom. The Morgan fingerprint density at radius 3 is 1.40 bits per heavy atom. The van der Waals surface area contributed by atoms with Crippen LogP contribution in [0.3, 0.4) is 0 Å². The highest BCUT2D eigenvalue weighted by Gasteiger charge is 1.94. The van der Waals surface area contributed by atoms with Crippen LogP contribution in [0.25, 0.3) is 0 Å². The summed E-state index contributed by atoms with van der Waals surface area (Å²) in [5.74, 6) is 0. The van der Waals surface area contributed by atoms with Crippen LogP contribution in [0.1, 0.15) is 6.42 Å². The Hall–Kier alpha value is 0.250. The van der Waals surface area contributed by atoms with Crippen LogP contribution in [0.2, 0.25) is 0 Å². The number of hydrogen-bond acceptors (Lipinski definition) is 1. The van der Waals surface area contributed by atoms with Gasteiger partial charge >= 0.3 is 0 Å². The van der Waals surface area contributed by atoms with Crippen molar-refractivity contribution in [3.05, 3.63) is 0 Å². The third-order valence-electron chi connectivity index (χ3n) is 0.577. The Kier molecular flexibility index (Phi) is 2.61. The minimum atomic E-state index is 0. The molecule has 0 radical (unpaired) electrons. The molecule has 1 heterocycles. The van der Waals surface area contributed by atoms with Gasteiger partial charge in [-0.15, -0.1) is 12.4 Å². The summed E-state index contributed by atoms with van der Waals surface area (Å²) < 4.78 is 4.72. The molecule has 0 aromatic heterocycles. The van der Waals surface area contributed by atoms with E-state index in [1.54, 1.807) is 0 Å². The van der Waals surface area contributed by atoms with Crippen LogP contribution < -0.4 is 0 Å². The first-order valence-corrected chi connectivity index (χ1v) is 1.58. The van der Waals surface area contributed by atoms with E-state index in [1.165, 1.54) is 6.42 Å². The Labute approximate surface area is 37.7 Å². The molecule has 1 saturated heterocycles. The normalized spacial score (nSPS) is 19.2. The predicted molar refractivity (Wildman–Crippen MR) is 22.7 cm³/mol. The van der Waals surface area contributed by atoms with Gasteiger partial charge in [0.1, 0.15) is 0 Å². The lowest BCUT2D eigenvalue weighted by Gasteiger charge is -2.09. The van der Waals surface area contributed by atoms with Gasteiger partial charge in [0.05, 0.1) is 0 Å². The lowest BCUT2D eigenvalue weighted by molar-refractivity contribution is 0.0367. The molecule has 5 heavy (non-hydrogen) atoms. The summed E-state index contributed by atoms with van der Waals surface area (Å²) in [4.78, 5) is 0. The molecule has 0 aliphatic carbocycles. The molecule has 1 fully saturated rings. The van der Waals surface area contributed by atoms with E-state index in [-0.39, 0.29) is 12.4 Å². The van der Waals surface area contributed by atoms with Crippen molar-refractivity contribution in [1.82, 2.24) is 0 Å². The highest BCUT2D eigenvalue weighted by molar-refractivity contribution is 5.85. The monoisotopic (exact) mass is 94.0 g/mol. The van der Waals surface area contributed by atoms with E-state index in [9.17, 15) is 0 Å². The van der Waals surface area contributed by atoms with E-state index in [0.29, 0.717) is 0 Å². The second-order valence-electron chi connectivity index (χ2n) is 0.966. The van der Waals surface area contributed by atoms with Crippen molar-refractivity contribution >= 4 is 12.4 Å². The predicted octanol–water partition coefficient (Wildman–Crippen LogP) is 0.829. The molecule has 0 aromatic carbocycles. The molecule has 0 N–H and O–H groups in total. The fourth-order valence-electron chi connectivity index (χ4n) is 0.144.